The third-order valence-corrected chi connectivity index (χ3v) is 8.87. The standard InChI is InChI=1S/C45H34N2/c1-33-14-12-21-39(32-33)47(37-19-6-3-7-20-37)45-31-30-40(42-23-10-11-24-43(42)45)35-26-28-38(29-27-35)46(36-17-4-2-5-18-36)44-25-13-16-34-15-8-9-22-41(34)44/h2-32H,1H3. The monoisotopic (exact) mass is 602 g/mol. The van der Waals surface area contributed by atoms with Gasteiger partial charge in [-0.25, -0.2) is 0 Å². The van der Waals surface area contributed by atoms with Gasteiger partial charge in [-0.3, -0.25) is 0 Å². The molecular weight excluding hydrogens is 569 g/mol. The Morgan fingerprint density at radius 3 is 1.55 bits per heavy atom. The number of anilines is 6. The molecule has 224 valence electrons. The van der Waals surface area contributed by atoms with E-state index in [1.54, 1.807) is 0 Å². The lowest BCUT2D eigenvalue weighted by atomic mass is 9.96. The summed E-state index contributed by atoms with van der Waals surface area (Å²) in [6.07, 6.45) is 0. The molecule has 0 amide bonds. The van der Waals surface area contributed by atoms with Gasteiger partial charge in [-0.05, 0) is 95.1 Å². The van der Waals surface area contributed by atoms with Crippen molar-refractivity contribution in [2.24, 2.45) is 0 Å². The van der Waals surface area contributed by atoms with Gasteiger partial charge in [0.2, 0.25) is 0 Å². The highest BCUT2D eigenvalue weighted by molar-refractivity contribution is 6.06. The maximum absolute atomic E-state index is 2.37. The maximum Gasteiger partial charge on any atom is 0.0540 e. The van der Waals surface area contributed by atoms with Crippen LogP contribution < -0.4 is 9.80 Å². The van der Waals surface area contributed by atoms with Crippen LogP contribution in [0.1, 0.15) is 5.56 Å². The second-order valence-electron chi connectivity index (χ2n) is 11.9. The smallest absolute Gasteiger partial charge is 0.0540 e. The van der Waals surface area contributed by atoms with Gasteiger partial charge in [-0.15, -0.1) is 0 Å². The number of para-hydroxylation sites is 2. The summed E-state index contributed by atoms with van der Waals surface area (Å²) in [5, 5.41) is 4.88. The first-order valence-electron chi connectivity index (χ1n) is 16.1. The Hall–Kier alpha value is -6.12. The normalized spacial score (nSPS) is 11.1. The molecule has 0 fully saturated rings. The summed E-state index contributed by atoms with van der Waals surface area (Å²) in [4.78, 5) is 4.72. The SMILES string of the molecule is Cc1cccc(N(c2ccccc2)c2ccc(-c3ccc(N(c4ccccc4)c4cccc5ccccc45)cc3)c3ccccc23)c1. The lowest BCUT2D eigenvalue weighted by Gasteiger charge is -2.28. The molecule has 0 atom stereocenters. The van der Waals surface area contributed by atoms with Crippen LogP contribution in [0.15, 0.2) is 188 Å². The number of rotatable bonds is 7. The van der Waals surface area contributed by atoms with E-state index in [1.807, 2.05) is 0 Å². The fourth-order valence-electron chi connectivity index (χ4n) is 6.70. The summed E-state index contributed by atoms with van der Waals surface area (Å²) in [5.41, 5.74) is 10.5. The van der Waals surface area contributed by atoms with Crippen molar-refractivity contribution < 1.29 is 0 Å². The van der Waals surface area contributed by atoms with Crippen molar-refractivity contribution in [2.75, 3.05) is 9.80 Å². The third kappa shape index (κ3) is 5.41. The molecule has 2 heteroatoms. The lowest BCUT2D eigenvalue weighted by Crippen LogP contribution is -2.11. The van der Waals surface area contributed by atoms with E-state index in [1.165, 1.54) is 38.2 Å². The van der Waals surface area contributed by atoms with Gasteiger partial charge in [-0.2, -0.15) is 0 Å². The topological polar surface area (TPSA) is 6.48 Å². The summed E-state index contributed by atoms with van der Waals surface area (Å²) in [6.45, 7) is 2.15. The van der Waals surface area contributed by atoms with Gasteiger partial charge >= 0.3 is 0 Å². The highest BCUT2D eigenvalue weighted by atomic mass is 15.1. The molecule has 0 radical (unpaired) electrons. The average molecular weight is 603 g/mol. The molecule has 0 aliphatic rings. The van der Waals surface area contributed by atoms with E-state index in [-0.39, 0.29) is 0 Å². The van der Waals surface area contributed by atoms with E-state index in [0.717, 1.165) is 34.1 Å². The zero-order valence-corrected chi connectivity index (χ0v) is 26.3. The number of aryl methyl sites for hydroxylation is 1. The van der Waals surface area contributed by atoms with Crippen molar-refractivity contribution in [1.82, 2.24) is 0 Å². The van der Waals surface area contributed by atoms with E-state index < -0.39 is 0 Å². The van der Waals surface area contributed by atoms with Gasteiger partial charge in [0.05, 0.1) is 11.4 Å². The van der Waals surface area contributed by atoms with Crippen LogP contribution in [0.3, 0.4) is 0 Å². The summed E-state index contributed by atoms with van der Waals surface area (Å²) in [5.74, 6) is 0. The van der Waals surface area contributed by atoms with E-state index in [0.29, 0.717) is 0 Å². The molecule has 47 heavy (non-hydrogen) atoms. The van der Waals surface area contributed by atoms with E-state index in [4.69, 9.17) is 0 Å². The predicted molar refractivity (Wildman–Crippen MR) is 201 cm³/mol. The van der Waals surface area contributed by atoms with Crippen molar-refractivity contribution in [1.29, 1.82) is 0 Å². The van der Waals surface area contributed by atoms with Crippen LogP contribution in [0, 0.1) is 6.92 Å². The highest BCUT2D eigenvalue weighted by Gasteiger charge is 2.18. The van der Waals surface area contributed by atoms with Gasteiger partial charge in [0.15, 0.2) is 0 Å². The van der Waals surface area contributed by atoms with Crippen molar-refractivity contribution in [2.45, 2.75) is 6.92 Å². The van der Waals surface area contributed by atoms with Crippen LogP contribution in [0.5, 0.6) is 0 Å². The second-order valence-corrected chi connectivity index (χ2v) is 11.9. The Bertz CT molecular complexity index is 2300. The Morgan fingerprint density at radius 1 is 0.340 bits per heavy atom. The number of hydrogen-bond donors (Lipinski definition) is 0. The van der Waals surface area contributed by atoms with Crippen molar-refractivity contribution in [3.63, 3.8) is 0 Å². The van der Waals surface area contributed by atoms with Crippen molar-refractivity contribution >= 4 is 55.7 Å². The minimum absolute atomic E-state index is 1.12. The number of benzene rings is 8. The van der Waals surface area contributed by atoms with Crippen molar-refractivity contribution in [3.8, 4) is 11.1 Å². The minimum Gasteiger partial charge on any atom is -0.310 e. The minimum atomic E-state index is 1.12. The van der Waals surface area contributed by atoms with Crippen LogP contribution in [0.4, 0.5) is 34.1 Å². The maximum atomic E-state index is 2.37. The Kier molecular flexibility index (Phi) is 7.45. The average Bonchev–Trinajstić information content (AvgIpc) is 3.13. The van der Waals surface area contributed by atoms with Crippen LogP contribution >= 0.6 is 0 Å². The number of nitrogens with zero attached hydrogens (tertiary/aromatic N) is 2. The molecule has 8 rings (SSSR count). The molecule has 8 aromatic carbocycles. The molecule has 0 aromatic heterocycles. The quantitative estimate of drug-likeness (QED) is 0.179. The molecule has 8 aromatic rings. The second kappa shape index (κ2) is 12.3. The molecule has 0 unspecified atom stereocenters. The van der Waals surface area contributed by atoms with Crippen molar-refractivity contribution in [3.05, 3.63) is 194 Å². The molecule has 0 bridgehead atoms. The summed E-state index contributed by atoms with van der Waals surface area (Å²) >= 11 is 0. The Labute approximate surface area is 276 Å². The molecule has 0 N–H and O–H groups in total. The van der Waals surface area contributed by atoms with Crippen LogP contribution in [0.25, 0.3) is 32.7 Å². The summed E-state index contributed by atoms with van der Waals surface area (Å²) < 4.78 is 0. The van der Waals surface area contributed by atoms with Gasteiger partial charge in [0.25, 0.3) is 0 Å². The summed E-state index contributed by atoms with van der Waals surface area (Å²) in [7, 11) is 0. The molecule has 0 saturated heterocycles. The first kappa shape index (κ1) is 28.4. The Balaban J connectivity index is 1.24. The molecule has 0 heterocycles. The summed E-state index contributed by atoms with van der Waals surface area (Å²) in [6, 6.07) is 67.4. The van der Waals surface area contributed by atoms with Gasteiger partial charge in [0, 0.05) is 33.5 Å². The predicted octanol–water partition coefficient (Wildman–Crippen LogP) is 12.9. The van der Waals surface area contributed by atoms with E-state index in [9.17, 15) is 0 Å². The van der Waals surface area contributed by atoms with Gasteiger partial charge < -0.3 is 9.80 Å². The van der Waals surface area contributed by atoms with Crippen LogP contribution in [-0.2, 0) is 0 Å². The third-order valence-electron chi connectivity index (χ3n) is 8.87. The largest absolute Gasteiger partial charge is 0.310 e. The molecule has 2 nitrogen and oxygen atoms in total. The molecule has 0 aliphatic carbocycles. The first-order valence-corrected chi connectivity index (χ1v) is 16.1. The highest BCUT2D eigenvalue weighted by Crippen LogP contribution is 2.43. The van der Waals surface area contributed by atoms with Crippen LogP contribution in [0.2, 0.25) is 0 Å². The molecule has 0 saturated carbocycles. The van der Waals surface area contributed by atoms with E-state index >= 15 is 0 Å². The fraction of sp³-hybridized carbons (Fsp3) is 0.0222. The fourth-order valence-corrected chi connectivity index (χ4v) is 6.70. The number of hydrogen-bond acceptors (Lipinski definition) is 2. The zero-order chi connectivity index (χ0) is 31.6. The van der Waals surface area contributed by atoms with Crippen LogP contribution in [-0.4, -0.2) is 0 Å². The Morgan fingerprint density at radius 2 is 0.851 bits per heavy atom. The number of fused-ring (bicyclic) bond motifs is 2. The van der Waals surface area contributed by atoms with E-state index in [2.05, 4.69) is 205 Å². The molecule has 0 spiro atoms. The molecular formula is C45H34N2. The van der Waals surface area contributed by atoms with Gasteiger partial charge in [-0.1, -0.05) is 127 Å². The zero-order valence-electron chi connectivity index (χ0n) is 26.3. The van der Waals surface area contributed by atoms with Gasteiger partial charge in [0.1, 0.15) is 0 Å². The first-order chi connectivity index (χ1) is 23.2. The molecule has 0 aliphatic heterocycles. The lowest BCUT2D eigenvalue weighted by molar-refractivity contribution is 1.28.